The molecule has 5 nitrogen and oxygen atoms in total. The lowest BCUT2D eigenvalue weighted by atomic mass is 10.4. The zero-order valence-corrected chi connectivity index (χ0v) is 12.8. The molecule has 0 radical (unpaired) electrons. The molecule has 0 saturated heterocycles. The van der Waals surface area contributed by atoms with Crippen LogP contribution in [0.4, 0.5) is 5.13 Å². The first-order valence-electron chi connectivity index (χ1n) is 6.11. The Bertz CT molecular complexity index is 352. The summed E-state index contributed by atoms with van der Waals surface area (Å²) in [6, 6.07) is 0. The van der Waals surface area contributed by atoms with E-state index in [1.807, 2.05) is 19.0 Å². The lowest BCUT2D eigenvalue weighted by molar-refractivity contribution is 0.387. The molecule has 0 aliphatic heterocycles. The number of aromatic nitrogens is 1. The highest BCUT2D eigenvalue weighted by Gasteiger charge is 2.12. The number of anilines is 1. The fourth-order valence-electron chi connectivity index (χ4n) is 1.51. The summed E-state index contributed by atoms with van der Waals surface area (Å²) in [5.41, 5.74) is 0. The molecule has 0 saturated carbocycles. The summed E-state index contributed by atoms with van der Waals surface area (Å²) in [6.07, 6.45) is 1.15. The first-order chi connectivity index (χ1) is 8.54. The van der Waals surface area contributed by atoms with Gasteiger partial charge in [0.25, 0.3) is 0 Å². The predicted octanol–water partition coefficient (Wildman–Crippen LogP) is 1.26. The highest BCUT2D eigenvalue weighted by Crippen LogP contribution is 2.29. The molecule has 1 rings (SSSR count). The average molecular weight is 272 g/mol. The second-order valence-corrected chi connectivity index (χ2v) is 5.72. The van der Waals surface area contributed by atoms with Crippen LogP contribution in [0.5, 0.6) is 5.88 Å². The van der Waals surface area contributed by atoms with Gasteiger partial charge in [0.15, 0.2) is 5.13 Å². The van der Waals surface area contributed by atoms with E-state index in [9.17, 15) is 0 Å². The van der Waals surface area contributed by atoms with Crippen LogP contribution in [0.2, 0.25) is 0 Å². The summed E-state index contributed by atoms with van der Waals surface area (Å²) in [6.45, 7) is 2.94. The molecule has 0 aliphatic rings. The highest BCUT2D eigenvalue weighted by atomic mass is 32.1. The van der Waals surface area contributed by atoms with Gasteiger partial charge in [0.2, 0.25) is 5.88 Å². The van der Waals surface area contributed by atoms with Crippen molar-refractivity contribution in [1.29, 1.82) is 0 Å². The molecule has 0 fully saturated rings. The molecule has 6 heteroatoms. The second-order valence-electron chi connectivity index (χ2n) is 4.66. The maximum absolute atomic E-state index is 5.30. The number of hydrogen-bond donors (Lipinski definition) is 1. The van der Waals surface area contributed by atoms with E-state index < -0.39 is 0 Å². The Balaban J connectivity index is 2.41. The molecule has 1 aromatic heterocycles. The number of methoxy groups -OCH3 is 1. The number of ether oxygens (including phenoxy) is 1. The third kappa shape index (κ3) is 4.80. The maximum Gasteiger partial charge on any atom is 0.230 e. The lowest BCUT2D eigenvalue weighted by Gasteiger charge is -2.09. The number of nitrogens with one attached hydrogen (secondary N) is 1. The van der Waals surface area contributed by atoms with Gasteiger partial charge in [0.05, 0.1) is 12.0 Å². The molecule has 0 aromatic carbocycles. The fraction of sp³-hybridized carbons (Fsp3) is 0.750. The summed E-state index contributed by atoms with van der Waals surface area (Å²) in [4.78, 5) is 9.78. The second kappa shape index (κ2) is 7.56. The van der Waals surface area contributed by atoms with E-state index in [0.717, 1.165) is 41.9 Å². The molecule has 0 spiro atoms. The van der Waals surface area contributed by atoms with E-state index in [4.69, 9.17) is 4.74 Å². The standard InChI is InChI=1S/C12H24N4OS/c1-15(2)8-6-7-13-9-10-11(17-5)14-12(18-10)16(3)4/h13H,6-9H2,1-5H3. The molecule has 104 valence electrons. The van der Waals surface area contributed by atoms with Crippen LogP contribution in [-0.2, 0) is 6.54 Å². The SMILES string of the molecule is COc1nc(N(C)C)sc1CNCCCN(C)C. The van der Waals surface area contributed by atoms with Crippen molar-refractivity contribution in [3.8, 4) is 5.88 Å². The van der Waals surface area contributed by atoms with Crippen molar-refractivity contribution >= 4 is 16.5 Å². The number of hydrogen-bond acceptors (Lipinski definition) is 6. The molecular formula is C12H24N4OS. The van der Waals surface area contributed by atoms with E-state index in [0.29, 0.717) is 0 Å². The van der Waals surface area contributed by atoms with Crippen LogP contribution in [0.3, 0.4) is 0 Å². The molecule has 1 N–H and O–H groups in total. The topological polar surface area (TPSA) is 40.6 Å². The van der Waals surface area contributed by atoms with Gasteiger partial charge in [-0.25, -0.2) is 0 Å². The smallest absolute Gasteiger partial charge is 0.230 e. The van der Waals surface area contributed by atoms with Crippen molar-refractivity contribution in [3.63, 3.8) is 0 Å². The third-order valence-electron chi connectivity index (χ3n) is 2.47. The monoisotopic (exact) mass is 272 g/mol. The maximum atomic E-state index is 5.30. The van der Waals surface area contributed by atoms with E-state index in [1.54, 1.807) is 18.4 Å². The van der Waals surface area contributed by atoms with E-state index >= 15 is 0 Å². The lowest BCUT2D eigenvalue weighted by Crippen LogP contribution is -2.20. The summed E-state index contributed by atoms with van der Waals surface area (Å²) in [5.74, 6) is 0.740. The molecule has 1 heterocycles. The van der Waals surface area contributed by atoms with Gasteiger partial charge in [-0.05, 0) is 33.6 Å². The zero-order chi connectivity index (χ0) is 13.5. The Hall–Kier alpha value is -0.850. The van der Waals surface area contributed by atoms with Gasteiger partial charge in [-0.2, -0.15) is 4.98 Å². The van der Waals surface area contributed by atoms with E-state index in [-0.39, 0.29) is 0 Å². The van der Waals surface area contributed by atoms with Crippen LogP contribution in [0.25, 0.3) is 0 Å². The minimum absolute atomic E-state index is 0.740. The molecule has 0 bridgehead atoms. The van der Waals surface area contributed by atoms with Gasteiger partial charge in [-0.15, -0.1) is 0 Å². The van der Waals surface area contributed by atoms with Crippen molar-refractivity contribution in [3.05, 3.63) is 4.88 Å². The summed E-state index contributed by atoms with van der Waals surface area (Å²) >= 11 is 1.67. The minimum Gasteiger partial charge on any atom is -0.480 e. The van der Waals surface area contributed by atoms with Gasteiger partial charge in [0, 0.05) is 20.6 Å². The van der Waals surface area contributed by atoms with Crippen molar-refractivity contribution in [1.82, 2.24) is 15.2 Å². The van der Waals surface area contributed by atoms with Crippen LogP contribution in [0, 0.1) is 0 Å². The van der Waals surface area contributed by atoms with E-state index in [2.05, 4.69) is 29.3 Å². The largest absolute Gasteiger partial charge is 0.480 e. The number of nitrogens with zero attached hydrogens (tertiary/aromatic N) is 3. The quantitative estimate of drug-likeness (QED) is 0.722. The Morgan fingerprint density at radius 1 is 1.28 bits per heavy atom. The Morgan fingerprint density at radius 2 is 2.00 bits per heavy atom. The molecular weight excluding hydrogens is 248 g/mol. The van der Waals surface area contributed by atoms with Crippen molar-refractivity contribution < 1.29 is 4.74 Å². The summed E-state index contributed by atoms with van der Waals surface area (Å²) < 4.78 is 5.30. The molecule has 0 atom stereocenters. The van der Waals surface area contributed by atoms with Gasteiger partial charge < -0.3 is 19.9 Å². The number of rotatable bonds is 8. The third-order valence-corrected chi connectivity index (χ3v) is 3.67. The Morgan fingerprint density at radius 3 is 2.56 bits per heavy atom. The van der Waals surface area contributed by atoms with Crippen molar-refractivity contribution in [2.24, 2.45) is 0 Å². The summed E-state index contributed by atoms with van der Waals surface area (Å²) in [5, 5.41) is 4.41. The zero-order valence-electron chi connectivity index (χ0n) is 12.0. The first-order valence-corrected chi connectivity index (χ1v) is 6.92. The van der Waals surface area contributed by atoms with Gasteiger partial charge >= 0.3 is 0 Å². The van der Waals surface area contributed by atoms with Crippen LogP contribution in [0.15, 0.2) is 0 Å². The highest BCUT2D eigenvalue weighted by molar-refractivity contribution is 7.15. The Kier molecular flexibility index (Phi) is 6.38. The van der Waals surface area contributed by atoms with Crippen molar-refractivity contribution in [2.75, 3.05) is 53.3 Å². The van der Waals surface area contributed by atoms with Gasteiger partial charge in [-0.3, -0.25) is 0 Å². The predicted molar refractivity (Wildman–Crippen MR) is 77.9 cm³/mol. The van der Waals surface area contributed by atoms with Gasteiger partial charge in [-0.1, -0.05) is 11.3 Å². The average Bonchev–Trinajstić information content (AvgIpc) is 2.71. The normalized spacial score (nSPS) is 11.0. The van der Waals surface area contributed by atoms with Gasteiger partial charge in [0.1, 0.15) is 0 Å². The van der Waals surface area contributed by atoms with E-state index in [1.165, 1.54) is 0 Å². The Labute approximate surface area is 114 Å². The van der Waals surface area contributed by atoms with Crippen LogP contribution >= 0.6 is 11.3 Å². The molecule has 18 heavy (non-hydrogen) atoms. The molecule has 0 amide bonds. The molecule has 0 aliphatic carbocycles. The number of thiazole rings is 1. The first kappa shape index (κ1) is 15.2. The van der Waals surface area contributed by atoms with Crippen LogP contribution < -0.4 is 15.0 Å². The van der Waals surface area contributed by atoms with Crippen LogP contribution in [-0.4, -0.2) is 58.3 Å². The minimum atomic E-state index is 0.740. The van der Waals surface area contributed by atoms with Crippen molar-refractivity contribution in [2.45, 2.75) is 13.0 Å². The van der Waals surface area contributed by atoms with Crippen LogP contribution in [0.1, 0.15) is 11.3 Å². The molecule has 1 aromatic rings. The molecule has 0 unspecified atom stereocenters. The summed E-state index contributed by atoms with van der Waals surface area (Å²) in [7, 11) is 9.84. The fourth-order valence-corrected chi connectivity index (χ4v) is 2.43.